The quantitative estimate of drug-likeness (QED) is 0.849. The summed E-state index contributed by atoms with van der Waals surface area (Å²) in [4.78, 5) is 25.4. The van der Waals surface area contributed by atoms with Gasteiger partial charge in [0.05, 0.1) is 5.92 Å². The fourth-order valence-electron chi connectivity index (χ4n) is 2.30. The van der Waals surface area contributed by atoms with Crippen LogP contribution in [0.15, 0.2) is 18.2 Å². The normalized spacial score (nSPS) is 11.7. The van der Waals surface area contributed by atoms with Crippen LogP contribution in [-0.2, 0) is 17.6 Å². The molecule has 122 valence electrons. The monoisotopic (exact) mass is 305 g/mol. The third kappa shape index (κ3) is 4.76. The molecule has 0 bridgehead atoms. The number of aryl methyl sites for hydroxylation is 2. The molecule has 0 radical (unpaired) electrons. The Labute approximate surface area is 133 Å². The Kier molecular flexibility index (Phi) is 6.89. The Bertz CT molecular complexity index is 529. The summed E-state index contributed by atoms with van der Waals surface area (Å²) < 4.78 is 0. The molecule has 0 saturated carbocycles. The van der Waals surface area contributed by atoms with Crippen molar-refractivity contribution >= 4 is 17.6 Å². The number of rotatable bonds is 6. The molecule has 2 N–H and O–H groups in total. The lowest BCUT2D eigenvalue weighted by Gasteiger charge is -2.22. The van der Waals surface area contributed by atoms with Crippen molar-refractivity contribution in [3.05, 3.63) is 29.3 Å². The van der Waals surface area contributed by atoms with Crippen LogP contribution in [0.1, 0.15) is 31.9 Å². The van der Waals surface area contributed by atoms with Crippen molar-refractivity contribution in [2.24, 2.45) is 5.92 Å². The largest absolute Gasteiger partial charge is 0.359 e. The number of nitrogens with one attached hydrogen (secondary N) is 2. The van der Waals surface area contributed by atoms with Gasteiger partial charge < -0.3 is 15.5 Å². The smallest absolute Gasteiger partial charge is 0.321 e. The molecule has 0 fully saturated rings. The van der Waals surface area contributed by atoms with E-state index in [1.807, 2.05) is 6.07 Å². The molecule has 0 heterocycles. The highest BCUT2D eigenvalue weighted by Crippen LogP contribution is 2.19. The molecular formula is C17H27N3O2. The molecular weight excluding hydrogens is 278 g/mol. The Balaban J connectivity index is 2.77. The van der Waals surface area contributed by atoms with Crippen molar-refractivity contribution < 1.29 is 9.59 Å². The lowest BCUT2D eigenvalue weighted by atomic mass is 10.1. The average molecular weight is 305 g/mol. The molecule has 0 saturated heterocycles. The second kappa shape index (κ2) is 8.41. The van der Waals surface area contributed by atoms with Gasteiger partial charge in [-0.3, -0.25) is 4.79 Å². The zero-order chi connectivity index (χ0) is 16.7. The van der Waals surface area contributed by atoms with E-state index in [1.54, 1.807) is 21.0 Å². The first-order valence-corrected chi connectivity index (χ1v) is 7.78. The molecule has 1 rings (SSSR count). The standard InChI is InChI=1S/C17H27N3O2/c1-6-13-8-9-14(7-2)15(10-13)19-17(22)20(5)11-12(3)16(21)18-4/h8-10,12H,6-7,11H2,1-5H3,(H,18,21)(H,19,22). The first-order chi connectivity index (χ1) is 10.4. The summed E-state index contributed by atoms with van der Waals surface area (Å²) in [5.41, 5.74) is 3.15. The van der Waals surface area contributed by atoms with Gasteiger partial charge in [0.15, 0.2) is 0 Å². The van der Waals surface area contributed by atoms with Crippen LogP contribution in [0.5, 0.6) is 0 Å². The van der Waals surface area contributed by atoms with E-state index in [-0.39, 0.29) is 17.9 Å². The van der Waals surface area contributed by atoms with Gasteiger partial charge in [0.1, 0.15) is 0 Å². The maximum Gasteiger partial charge on any atom is 0.321 e. The van der Waals surface area contributed by atoms with Crippen molar-refractivity contribution in [3.63, 3.8) is 0 Å². The highest BCUT2D eigenvalue weighted by molar-refractivity contribution is 5.90. The second-order valence-corrected chi connectivity index (χ2v) is 5.52. The fraction of sp³-hybridized carbons (Fsp3) is 0.529. The van der Waals surface area contributed by atoms with E-state index in [1.165, 1.54) is 10.5 Å². The van der Waals surface area contributed by atoms with Crippen molar-refractivity contribution in [3.8, 4) is 0 Å². The number of hydrogen-bond acceptors (Lipinski definition) is 2. The molecule has 0 spiro atoms. The summed E-state index contributed by atoms with van der Waals surface area (Å²) in [6, 6.07) is 5.97. The fourth-order valence-corrected chi connectivity index (χ4v) is 2.30. The zero-order valence-corrected chi connectivity index (χ0v) is 14.2. The SMILES string of the molecule is CCc1ccc(CC)c(NC(=O)N(C)CC(C)C(=O)NC)c1. The highest BCUT2D eigenvalue weighted by Gasteiger charge is 2.18. The van der Waals surface area contributed by atoms with Crippen LogP contribution in [0, 0.1) is 5.92 Å². The van der Waals surface area contributed by atoms with Crippen LogP contribution >= 0.6 is 0 Å². The van der Waals surface area contributed by atoms with Gasteiger partial charge in [-0.15, -0.1) is 0 Å². The molecule has 0 aromatic heterocycles. The first kappa shape index (κ1) is 18.0. The van der Waals surface area contributed by atoms with Crippen molar-refractivity contribution in [1.82, 2.24) is 10.2 Å². The minimum absolute atomic E-state index is 0.0677. The molecule has 5 nitrogen and oxygen atoms in total. The second-order valence-electron chi connectivity index (χ2n) is 5.52. The Morgan fingerprint density at radius 3 is 2.45 bits per heavy atom. The minimum Gasteiger partial charge on any atom is -0.359 e. The van der Waals surface area contributed by atoms with Gasteiger partial charge in [-0.1, -0.05) is 32.9 Å². The Morgan fingerprint density at radius 1 is 1.23 bits per heavy atom. The van der Waals surface area contributed by atoms with Crippen molar-refractivity contribution in [1.29, 1.82) is 0 Å². The third-order valence-corrected chi connectivity index (χ3v) is 3.79. The molecule has 1 atom stereocenters. The number of urea groups is 1. The van der Waals surface area contributed by atoms with Crippen LogP contribution in [0.4, 0.5) is 10.5 Å². The lowest BCUT2D eigenvalue weighted by Crippen LogP contribution is -2.39. The maximum atomic E-state index is 12.3. The summed E-state index contributed by atoms with van der Waals surface area (Å²) in [6.45, 7) is 6.33. The van der Waals surface area contributed by atoms with E-state index in [0.717, 1.165) is 24.1 Å². The summed E-state index contributed by atoms with van der Waals surface area (Å²) in [5, 5.41) is 5.55. The van der Waals surface area contributed by atoms with Crippen molar-refractivity contribution in [2.45, 2.75) is 33.6 Å². The maximum absolute atomic E-state index is 12.3. The van der Waals surface area contributed by atoms with E-state index in [2.05, 4.69) is 36.6 Å². The van der Waals surface area contributed by atoms with Crippen LogP contribution in [0.3, 0.4) is 0 Å². The summed E-state index contributed by atoms with van der Waals surface area (Å²) in [5.74, 6) is -0.310. The van der Waals surface area contributed by atoms with Gasteiger partial charge in [-0.25, -0.2) is 4.79 Å². The highest BCUT2D eigenvalue weighted by atomic mass is 16.2. The van der Waals surface area contributed by atoms with Gasteiger partial charge in [-0.2, -0.15) is 0 Å². The lowest BCUT2D eigenvalue weighted by molar-refractivity contribution is -0.124. The van der Waals surface area contributed by atoms with Gasteiger partial charge in [-0.05, 0) is 30.0 Å². The van der Waals surface area contributed by atoms with Crippen LogP contribution in [-0.4, -0.2) is 37.5 Å². The van der Waals surface area contributed by atoms with E-state index in [9.17, 15) is 9.59 Å². The third-order valence-electron chi connectivity index (χ3n) is 3.79. The number of hydrogen-bond donors (Lipinski definition) is 2. The molecule has 0 aliphatic carbocycles. The molecule has 5 heteroatoms. The number of nitrogens with zero attached hydrogens (tertiary/aromatic N) is 1. The molecule has 1 aromatic rings. The van der Waals surface area contributed by atoms with Crippen LogP contribution < -0.4 is 10.6 Å². The van der Waals surface area contributed by atoms with Crippen LogP contribution in [0.25, 0.3) is 0 Å². The number of benzene rings is 1. The Hall–Kier alpha value is -2.04. The predicted octanol–water partition coefficient (Wildman–Crippen LogP) is 2.66. The summed E-state index contributed by atoms with van der Waals surface area (Å²) in [6.07, 6.45) is 1.79. The average Bonchev–Trinajstić information content (AvgIpc) is 2.53. The van der Waals surface area contributed by atoms with Gasteiger partial charge in [0, 0.05) is 26.3 Å². The van der Waals surface area contributed by atoms with E-state index in [0.29, 0.717) is 6.54 Å². The summed E-state index contributed by atoms with van der Waals surface area (Å²) >= 11 is 0. The molecule has 3 amide bonds. The van der Waals surface area contributed by atoms with Gasteiger partial charge in [0.25, 0.3) is 0 Å². The van der Waals surface area contributed by atoms with E-state index >= 15 is 0 Å². The van der Waals surface area contributed by atoms with Gasteiger partial charge >= 0.3 is 6.03 Å². The number of anilines is 1. The number of carbonyl (C=O) groups excluding carboxylic acids is 2. The molecule has 0 aliphatic rings. The number of carbonyl (C=O) groups is 2. The first-order valence-electron chi connectivity index (χ1n) is 7.78. The molecule has 1 aromatic carbocycles. The summed E-state index contributed by atoms with van der Waals surface area (Å²) in [7, 11) is 3.30. The predicted molar refractivity (Wildman–Crippen MR) is 90.1 cm³/mol. The molecule has 0 aliphatic heterocycles. The van der Waals surface area contributed by atoms with E-state index < -0.39 is 0 Å². The minimum atomic E-state index is -0.242. The van der Waals surface area contributed by atoms with E-state index in [4.69, 9.17) is 0 Å². The number of amides is 3. The van der Waals surface area contributed by atoms with Gasteiger partial charge in [0.2, 0.25) is 5.91 Å². The molecule has 22 heavy (non-hydrogen) atoms. The molecule has 1 unspecified atom stereocenters. The van der Waals surface area contributed by atoms with Crippen molar-refractivity contribution in [2.75, 3.05) is 26.0 Å². The topological polar surface area (TPSA) is 61.4 Å². The van der Waals surface area contributed by atoms with Crippen LogP contribution in [0.2, 0.25) is 0 Å². The Morgan fingerprint density at radius 2 is 1.91 bits per heavy atom. The zero-order valence-electron chi connectivity index (χ0n) is 14.2.